The van der Waals surface area contributed by atoms with Crippen molar-refractivity contribution in [3.8, 4) is 5.75 Å². The zero-order valence-corrected chi connectivity index (χ0v) is 27.5. The number of ketones is 2. The molecule has 8 atom stereocenters. The summed E-state index contributed by atoms with van der Waals surface area (Å²) in [5.74, 6) is -2.40. The molecule has 1 amide bonds. The second-order valence-electron chi connectivity index (χ2n) is 14.3. The number of ether oxygens (including phenoxy) is 2. The van der Waals surface area contributed by atoms with Crippen molar-refractivity contribution in [3.63, 3.8) is 0 Å². The molecule has 11 nitrogen and oxygen atoms in total. The number of carbonyl (C=O) groups is 5. The van der Waals surface area contributed by atoms with Crippen molar-refractivity contribution < 1.29 is 48.8 Å². The first kappa shape index (κ1) is 34.8. The highest BCUT2D eigenvalue weighted by atomic mass is 16.5. The highest BCUT2D eigenvalue weighted by Crippen LogP contribution is 2.67. The van der Waals surface area contributed by atoms with E-state index in [1.807, 2.05) is 6.92 Å². The van der Waals surface area contributed by atoms with E-state index in [0.717, 1.165) is 18.4 Å². The van der Waals surface area contributed by atoms with Gasteiger partial charge in [-0.05, 0) is 92.4 Å². The summed E-state index contributed by atoms with van der Waals surface area (Å²) in [7, 11) is 0. The molecule has 0 radical (unpaired) electrons. The molecule has 256 valence electrons. The second kappa shape index (κ2) is 13.5. The fraction of sp³-hybridized carbons (Fsp3) is 0.639. The molecule has 3 fully saturated rings. The Balaban J connectivity index is 1.16. The zero-order valence-electron chi connectivity index (χ0n) is 27.5. The van der Waals surface area contributed by atoms with Gasteiger partial charge in [0, 0.05) is 24.7 Å². The molecule has 11 heteroatoms. The van der Waals surface area contributed by atoms with Crippen LogP contribution in [0.25, 0.3) is 0 Å². The van der Waals surface area contributed by atoms with Gasteiger partial charge in [0.2, 0.25) is 11.7 Å². The van der Waals surface area contributed by atoms with E-state index in [9.17, 15) is 39.3 Å². The summed E-state index contributed by atoms with van der Waals surface area (Å²) < 4.78 is 10.3. The summed E-state index contributed by atoms with van der Waals surface area (Å²) >= 11 is 0. The van der Waals surface area contributed by atoms with Gasteiger partial charge in [-0.25, -0.2) is 4.79 Å². The Kier molecular flexibility index (Phi) is 9.99. The average Bonchev–Trinajstić information content (AvgIpc) is 3.30. The lowest BCUT2D eigenvalue weighted by Gasteiger charge is -2.60. The van der Waals surface area contributed by atoms with Gasteiger partial charge in [0.25, 0.3) is 0 Å². The molecular formula is C36H47NO10. The number of nitrogens with one attached hydrogen (secondary N) is 1. The number of aliphatic hydroxyl groups is 2. The third kappa shape index (κ3) is 6.61. The smallest absolute Gasteiger partial charge is 0.328 e. The summed E-state index contributed by atoms with van der Waals surface area (Å²) in [5, 5.41) is 35.5. The second-order valence-corrected chi connectivity index (χ2v) is 14.3. The first-order valence-electron chi connectivity index (χ1n) is 16.8. The Morgan fingerprint density at radius 3 is 2.45 bits per heavy atom. The van der Waals surface area contributed by atoms with Gasteiger partial charge in [0.15, 0.2) is 12.4 Å². The molecule has 0 aliphatic heterocycles. The first-order valence-corrected chi connectivity index (χ1v) is 16.8. The van der Waals surface area contributed by atoms with Gasteiger partial charge >= 0.3 is 11.9 Å². The maximum absolute atomic E-state index is 13.5. The third-order valence-electron chi connectivity index (χ3n) is 11.7. The van der Waals surface area contributed by atoms with E-state index in [0.29, 0.717) is 24.8 Å². The quantitative estimate of drug-likeness (QED) is 0.260. The Bertz CT molecular complexity index is 1440. The molecule has 1 aromatic carbocycles. The Morgan fingerprint density at radius 1 is 1.02 bits per heavy atom. The first-order chi connectivity index (χ1) is 22.2. The van der Waals surface area contributed by atoms with Crippen LogP contribution in [0.2, 0.25) is 0 Å². The number of phenolic OH excluding ortho intramolecular Hbond substituents is 1. The van der Waals surface area contributed by atoms with Crippen LogP contribution in [0.5, 0.6) is 5.75 Å². The van der Waals surface area contributed by atoms with Crippen LogP contribution in [0.4, 0.5) is 0 Å². The number of amides is 1. The van der Waals surface area contributed by atoms with Crippen molar-refractivity contribution in [2.45, 2.75) is 103 Å². The lowest BCUT2D eigenvalue weighted by Crippen LogP contribution is -2.62. The van der Waals surface area contributed by atoms with E-state index in [1.54, 1.807) is 25.1 Å². The minimum absolute atomic E-state index is 0.00540. The number of aromatic hydroxyl groups is 1. The number of benzene rings is 1. The standard InChI is InChI=1S/C36H47NO10/c1-4-46-33(44)27(17-21-5-8-23(38)9-6-21)37-30(42)11-12-31(43)47-20-29(41)36(45)16-14-26-25-10-7-22-18-24(39)13-15-34(22,2)32(25)28(40)19-35(26,36)3/h5-6,8-9,18,25-28,32,38,40,45H,4,7,10-17,19-20H2,1-3H3,(H,37,42)/t25-,26-,27-,28-,32+,34-,35-,36-/m0/s1. The Morgan fingerprint density at radius 2 is 1.74 bits per heavy atom. The predicted octanol–water partition coefficient (Wildman–Crippen LogP) is 3.11. The van der Waals surface area contributed by atoms with Crippen LogP contribution in [0, 0.1) is 28.6 Å². The number of phenols is 1. The van der Waals surface area contributed by atoms with E-state index >= 15 is 0 Å². The van der Waals surface area contributed by atoms with E-state index in [-0.39, 0.29) is 73.4 Å². The Labute approximate surface area is 275 Å². The molecule has 0 heterocycles. The SMILES string of the molecule is CCOC(=O)[C@H](Cc1ccc(O)cc1)NC(=O)CCC(=O)OCC(=O)[C@@]1(O)CC[C@H]2[C@@H]3CCC4=CC(=O)CC[C@]4(C)[C@H]3[C@@H](O)C[C@@]21C. The van der Waals surface area contributed by atoms with E-state index in [2.05, 4.69) is 12.2 Å². The molecule has 0 saturated heterocycles. The molecular weight excluding hydrogens is 606 g/mol. The monoisotopic (exact) mass is 653 g/mol. The molecule has 0 spiro atoms. The molecule has 3 saturated carbocycles. The lowest BCUT2D eigenvalue weighted by atomic mass is 9.45. The number of Topliss-reactive ketones (excluding diaryl/α,β-unsaturated/α-hetero) is 1. The van der Waals surface area contributed by atoms with Crippen LogP contribution >= 0.6 is 0 Å². The minimum atomic E-state index is -1.78. The molecule has 0 bridgehead atoms. The molecule has 47 heavy (non-hydrogen) atoms. The van der Waals surface area contributed by atoms with Gasteiger partial charge in [-0.15, -0.1) is 0 Å². The summed E-state index contributed by atoms with van der Waals surface area (Å²) in [6.45, 7) is 5.13. The number of hydrogen-bond acceptors (Lipinski definition) is 10. The van der Waals surface area contributed by atoms with Gasteiger partial charge < -0.3 is 30.1 Å². The number of fused-ring (bicyclic) bond motifs is 5. The lowest BCUT2D eigenvalue weighted by molar-refractivity contribution is -0.184. The van der Waals surface area contributed by atoms with E-state index in [4.69, 9.17) is 9.47 Å². The zero-order chi connectivity index (χ0) is 34.1. The third-order valence-corrected chi connectivity index (χ3v) is 11.7. The topological polar surface area (TPSA) is 177 Å². The minimum Gasteiger partial charge on any atom is -0.508 e. The number of allylic oxidation sites excluding steroid dienone is 1. The van der Waals surface area contributed by atoms with Crippen molar-refractivity contribution in [3.05, 3.63) is 41.5 Å². The van der Waals surface area contributed by atoms with Crippen LogP contribution in [0.3, 0.4) is 0 Å². The molecule has 4 aliphatic rings. The molecule has 0 unspecified atom stereocenters. The fourth-order valence-corrected chi connectivity index (χ4v) is 9.27. The van der Waals surface area contributed by atoms with Crippen LogP contribution in [0.1, 0.15) is 84.1 Å². The van der Waals surface area contributed by atoms with Gasteiger partial charge in [0.1, 0.15) is 17.4 Å². The van der Waals surface area contributed by atoms with E-state index in [1.165, 1.54) is 12.1 Å². The van der Waals surface area contributed by atoms with E-state index < -0.39 is 53.4 Å². The van der Waals surface area contributed by atoms with Crippen molar-refractivity contribution in [1.29, 1.82) is 0 Å². The van der Waals surface area contributed by atoms with Crippen molar-refractivity contribution in [1.82, 2.24) is 5.32 Å². The van der Waals surface area contributed by atoms with Gasteiger partial charge in [-0.2, -0.15) is 0 Å². The number of hydrogen-bond donors (Lipinski definition) is 4. The summed E-state index contributed by atoms with van der Waals surface area (Å²) in [6.07, 6.45) is 4.24. The Hall–Kier alpha value is -3.57. The molecule has 5 rings (SSSR count). The predicted molar refractivity (Wildman–Crippen MR) is 169 cm³/mol. The summed E-state index contributed by atoms with van der Waals surface area (Å²) in [5.41, 5.74) is -1.17. The number of carbonyl (C=O) groups excluding carboxylic acids is 5. The number of rotatable bonds is 11. The molecule has 4 N–H and O–H groups in total. The normalized spacial score (nSPS) is 33.4. The van der Waals surface area contributed by atoms with Crippen molar-refractivity contribution in [2.24, 2.45) is 28.6 Å². The summed E-state index contributed by atoms with van der Waals surface area (Å²) in [4.78, 5) is 63.4. The largest absolute Gasteiger partial charge is 0.508 e. The highest BCUT2D eigenvalue weighted by Gasteiger charge is 2.68. The van der Waals surface area contributed by atoms with Gasteiger partial charge in [0.05, 0.1) is 19.1 Å². The van der Waals surface area contributed by atoms with Gasteiger partial charge in [-0.1, -0.05) is 31.6 Å². The maximum Gasteiger partial charge on any atom is 0.328 e. The number of aliphatic hydroxyl groups excluding tert-OH is 1. The highest BCUT2D eigenvalue weighted by molar-refractivity contribution is 5.92. The molecule has 4 aliphatic carbocycles. The fourth-order valence-electron chi connectivity index (χ4n) is 9.27. The molecule has 1 aromatic rings. The van der Waals surface area contributed by atoms with Crippen molar-refractivity contribution in [2.75, 3.05) is 13.2 Å². The summed E-state index contributed by atoms with van der Waals surface area (Å²) in [6, 6.07) is 5.18. The van der Waals surface area contributed by atoms with Gasteiger partial charge in [-0.3, -0.25) is 19.2 Å². The van der Waals surface area contributed by atoms with Crippen LogP contribution < -0.4 is 5.32 Å². The number of esters is 2. The van der Waals surface area contributed by atoms with Crippen LogP contribution in [0.15, 0.2) is 35.9 Å². The average molecular weight is 654 g/mol. The maximum atomic E-state index is 13.5. The van der Waals surface area contributed by atoms with Crippen molar-refractivity contribution >= 4 is 29.4 Å². The van der Waals surface area contributed by atoms with Crippen LogP contribution in [-0.4, -0.2) is 75.7 Å². The van der Waals surface area contributed by atoms with Crippen LogP contribution in [-0.2, 0) is 39.9 Å². The molecule has 0 aromatic heterocycles.